The second-order valence-corrected chi connectivity index (χ2v) is 15.2. The molecule has 0 aromatic rings. The van der Waals surface area contributed by atoms with Gasteiger partial charge in [-0.3, -0.25) is 18.6 Å². The minimum atomic E-state index is -4.41. The topological polar surface area (TPSA) is 134 Å². The fourth-order valence-electron chi connectivity index (χ4n) is 5.16. The molecule has 0 radical (unpaired) electrons. The SMILES string of the molecule is CC/C=C\C/C=C\C/C=C\C/C=C\C/C=C\CCCCCC(=O)OC[C@H](COP(=O)(O)OCCN)OC(=O)CCCCC/C=C\C/C=C\C/C=C\C/C=C\C/C=C\CC. The van der Waals surface area contributed by atoms with Crippen molar-refractivity contribution in [3.8, 4) is 0 Å². The Morgan fingerprint density at radius 3 is 1.27 bits per heavy atom. The standard InChI is InChI=1S/C49H78NO8P/c1-3-5-7-9-11-13-15-17-19-21-23-25-27-29-31-33-35-37-39-41-48(51)55-45-47(46-57-59(53,54)56-44-43-50)58-49(52)42-40-38-36-34-32-30-28-26-24-22-20-18-16-14-12-10-8-6-4-2/h5-8,11-14,17-20,23-26,29-32,47H,3-4,9-10,15-16,21-22,27-28,33-46,50H2,1-2H3,(H,53,54)/b7-5-,8-6-,13-11-,14-12-,19-17-,20-18-,25-23-,26-24-,31-29-,32-30-/t47-/m1/s1. The van der Waals surface area contributed by atoms with Crippen LogP contribution in [-0.4, -0.2) is 49.3 Å². The number of unbranched alkanes of at least 4 members (excludes halogenated alkanes) is 6. The zero-order valence-corrected chi connectivity index (χ0v) is 37.3. The lowest BCUT2D eigenvalue weighted by atomic mass is 10.1. The highest BCUT2D eigenvalue weighted by atomic mass is 31.2. The van der Waals surface area contributed by atoms with Gasteiger partial charge >= 0.3 is 19.8 Å². The molecule has 3 N–H and O–H groups in total. The van der Waals surface area contributed by atoms with Gasteiger partial charge < -0.3 is 20.1 Å². The van der Waals surface area contributed by atoms with Crippen LogP contribution in [0.4, 0.5) is 0 Å². The molecule has 10 heteroatoms. The van der Waals surface area contributed by atoms with Gasteiger partial charge in [-0.1, -0.05) is 148 Å². The quantitative estimate of drug-likeness (QED) is 0.0268. The summed E-state index contributed by atoms with van der Waals surface area (Å²) in [5.74, 6) is -0.919. The van der Waals surface area contributed by atoms with Gasteiger partial charge in [-0.25, -0.2) is 4.57 Å². The van der Waals surface area contributed by atoms with Crippen molar-refractivity contribution in [3.05, 3.63) is 122 Å². The number of phosphoric acid groups is 1. The Kier molecular flexibility index (Phi) is 41.3. The molecule has 0 rings (SSSR count). The normalized spacial score (nSPS) is 14.4. The minimum Gasteiger partial charge on any atom is -0.462 e. The molecule has 0 saturated carbocycles. The number of carbonyl (C=O) groups is 2. The molecular weight excluding hydrogens is 762 g/mol. The number of carbonyl (C=O) groups excluding carboxylic acids is 2. The van der Waals surface area contributed by atoms with Crippen LogP contribution in [0.5, 0.6) is 0 Å². The van der Waals surface area contributed by atoms with Crippen molar-refractivity contribution in [3.63, 3.8) is 0 Å². The molecule has 0 bridgehead atoms. The number of hydrogen-bond acceptors (Lipinski definition) is 8. The van der Waals surface area contributed by atoms with Crippen molar-refractivity contribution < 1.29 is 37.6 Å². The van der Waals surface area contributed by atoms with Crippen LogP contribution in [-0.2, 0) is 32.7 Å². The predicted octanol–water partition coefficient (Wildman–Crippen LogP) is 12.9. The summed E-state index contributed by atoms with van der Waals surface area (Å²) in [6.07, 6.45) is 59.4. The third kappa shape index (κ3) is 43.8. The van der Waals surface area contributed by atoms with Gasteiger partial charge in [0.25, 0.3) is 0 Å². The van der Waals surface area contributed by atoms with Gasteiger partial charge in [-0.2, -0.15) is 0 Å². The number of nitrogens with two attached hydrogens (primary N) is 1. The van der Waals surface area contributed by atoms with Crippen LogP contribution in [0.1, 0.15) is 142 Å². The van der Waals surface area contributed by atoms with Crippen molar-refractivity contribution in [1.29, 1.82) is 0 Å². The Morgan fingerprint density at radius 1 is 0.508 bits per heavy atom. The Bertz CT molecular complexity index is 1370. The van der Waals surface area contributed by atoms with E-state index in [1.165, 1.54) is 0 Å². The van der Waals surface area contributed by atoms with E-state index in [1.54, 1.807) is 0 Å². The smallest absolute Gasteiger partial charge is 0.462 e. The van der Waals surface area contributed by atoms with Crippen molar-refractivity contribution in [1.82, 2.24) is 0 Å². The highest BCUT2D eigenvalue weighted by Gasteiger charge is 2.25. The van der Waals surface area contributed by atoms with Gasteiger partial charge in [0.05, 0.1) is 13.2 Å². The molecule has 59 heavy (non-hydrogen) atoms. The van der Waals surface area contributed by atoms with E-state index in [1.807, 2.05) is 0 Å². The highest BCUT2D eigenvalue weighted by Crippen LogP contribution is 2.43. The van der Waals surface area contributed by atoms with Gasteiger partial charge in [0.2, 0.25) is 0 Å². The molecule has 332 valence electrons. The van der Waals surface area contributed by atoms with Crippen LogP contribution in [0.25, 0.3) is 0 Å². The minimum absolute atomic E-state index is 0.0351. The Balaban J connectivity index is 4.31. The molecule has 0 fully saturated rings. The zero-order chi connectivity index (χ0) is 43.2. The number of hydrogen-bond donors (Lipinski definition) is 2. The lowest BCUT2D eigenvalue weighted by Gasteiger charge is -2.19. The van der Waals surface area contributed by atoms with E-state index in [-0.39, 0.29) is 32.6 Å². The molecule has 0 aromatic heterocycles. The summed E-state index contributed by atoms with van der Waals surface area (Å²) in [6.45, 7) is 3.39. The van der Waals surface area contributed by atoms with Crippen molar-refractivity contribution in [2.45, 2.75) is 148 Å². The van der Waals surface area contributed by atoms with E-state index in [2.05, 4.69) is 135 Å². The third-order valence-corrected chi connectivity index (χ3v) is 9.33. The number of ether oxygens (including phenoxy) is 2. The molecular formula is C49H78NO8P. The van der Waals surface area contributed by atoms with Crippen molar-refractivity contribution >= 4 is 19.8 Å². The Hall–Kier alpha value is -3.59. The van der Waals surface area contributed by atoms with Crippen LogP contribution in [0.15, 0.2) is 122 Å². The largest absolute Gasteiger partial charge is 0.472 e. The predicted molar refractivity (Wildman–Crippen MR) is 247 cm³/mol. The number of allylic oxidation sites excluding steroid dienone is 20. The molecule has 0 heterocycles. The fourth-order valence-corrected chi connectivity index (χ4v) is 5.92. The second kappa shape index (κ2) is 44.0. The van der Waals surface area contributed by atoms with E-state index in [9.17, 15) is 19.0 Å². The molecule has 0 spiro atoms. The first-order valence-corrected chi connectivity index (χ1v) is 23.5. The van der Waals surface area contributed by atoms with Gasteiger partial charge in [-0.15, -0.1) is 0 Å². The molecule has 0 amide bonds. The first kappa shape index (κ1) is 55.4. The average molecular weight is 840 g/mol. The molecule has 0 saturated heterocycles. The maximum Gasteiger partial charge on any atom is 0.472 e. The molecule has 0 aromatic carbocycles. The van der Waals surface area contributed by atoms with E-state index in [0.29, 0.717) is 12.8 Å². The van der Waals surface area contributed by atoms with E-state index < -0.39 is 32.5 Å². The molecule has 2 atom stereocenters. The van der Waals surface area contributed by atoms with Gasteiger partial charge in [0.1, 0.15) is 6.61 Å². The molecule has 0 aliphatic rings. The summed E-state index contributed by atoms with van der Waals surface area (Å²) in [7, 11) is -4.41. The van der Waals surface area contributed by atoms with Crippen LogP contribution < -0.4 is 5.73 Å². The van der Waals surface area contributed by atoms with E-state index in [0.717, 1.165) is 103 Å². The van der Waals surface area contributed by atoms with E-state index in [4.69, 9.17) is 24.3 Å². The van der Waals surface area contributed by atoms with Crippen LogP contribution in [0, 0.1) is 0 Å². The average Bonchev–Trinajstić information content (AvgIpc) is 3.22. The first-order chi connectivity index (χ1) is 28.8. The summed E-state index contributed by atoms with van der Waals surface area (Å²) in [5.41, 5.74) is 5.35. The molecule has 0 aliphatic carbocycles. The maximum atomic E-state index is 12.6. The van der Waals surface area contributed by atoms with Crippen LogP contribution in [0.3, 0.4) is 0 Å². The molecule has 9 nitrogen and oxygen atoms in total. The number of rotatable bonds is 39. The van der Waals surface area contributed by atoms with E-state index >= 15 is 0 Å². The molecule has 0 aliphatic heterocycles. The van der Waals surface area contributed by atoms with Crippen molar-refractivity contribution in [2.75, 3.05) is 26.4 Å². The number of esters is 2. The second-order valence-electron chi connectivity index (χ2n) is 13.8. The fraction of sp³-hybridized carbons (Fsp3) is 0.551. The lowest BCUT2D eigenvalue weighted by Crippen LogP contribution is -2.29. The third-order valence-electron chi connectivity index (χ3n) is 8.34. The van der Waals surface area contributed by atoms with Crippen LogP contribution in [0.2, 0.25) is 0 Å². The highest BCUT2D eigenvalue weighted by molar-refractivity contribution is 7.47. The summed E-state index contributed by atoms with van der Waals surface area (Å²) < 4.78 is 32.7. The summed E-state index contributed by atoms with van der Waals surface area (Å²) in [5, 5.41) is 0. The Labute approximate surface area is 358 Å². The summed E-state index contributed by atoms with van der Waals surface area (Å²) >= 11 is 0. The molecule has 1 unspecified atom stereocenters. The summed E-state index contributed by atoms with van der Waals surface area (Å²) in [6, 6.07) is 0. The van der Waals surface area contributed by atoms with Crippen LogP contribution >= 0.6 is 7.82 Å². The zero-order valence-electron chi connectivity index (χ0n) is 36.4. The first-order valence-electron chi connectivity index (χ1n) is 22.0. The summed E-state index contributed by atoms with van der Waals surface area (Å²) in [4.78, 5) is 34.9. The lowest BCUT2D eigenvalue weighted by molar-refractivity contribution is -0.161. The number of phosphoric ester groups is 1. The van der Waals surface area contributed by atoms with Gasteiger partial charge in [-0.05, 0) is 103 Å². The van der Waals surface area contributed by atoms with Gasteiger partial charge in [0, 0.05) is 19.4 Å². The Morgan fingerprint density at radius 2 is 0.881 bits per heavy atom. The van der Waals surface area contributed by atoms with Crippen molar-refractivity contribution in [2.24, 2.45) is 5.73 Å². The monoisotopic (exact) mass is 840 g/mol. The van der Waals surface area contributed by atoms with Gasteiger partial charge in [0.15, 0.2) is 6.10 Å². The maximum absolute atomic E-state index is 12.6.